The van der Waals surface area contributed by atoms with Crippen molar-refractivity contribution in [1.82, 2.24) is 0 Å². The second-order valence-electron chi connectivity index (χ2n) is 12.7. The smallest absolute Gasteiger partial charge is 0.0654 e. The average molecular weight is 691 g/mol. The summed E-state index contributed by atoms with van der Waals surface area (Å²) in [5.74, 6) is 0. The number of fused-ring (bicyclic) bond motifs is 6. The summed E-state index contributed by atoms with van der Waals surface area (Å²) in [6.45, 7) is 4.80. The number of halogens is 2. The summed E-state index contributed by atoms with van der Waals surface area (Å²) >= 11 is 7.64. The van der Waals surface area contributed by atoms with Gasteiger partial charge in [0, 0.05) is 14.4 Å². The van der Waals surface area contributed by atoms with Gasteiger partial charge in [-0.3, -0.25) is 0 Å². The van der Waals surface area contributed by atoms with Gasteiger partial charge in [-0.15, -0.1) is 0 Å². The lowest BCUT2D eigenvalue weighted by molar-refractivity contribution is 0.481. The molecule has 0 nitrogen and oxygen atoms in total. The maximum Gasteiger partial charge on any atom is 0.0714 e. The molecule has 5 aromatic rings. The van der Waals surface area contributed by atoms with Crippen LogP contribution in [0, 0.1) is 0 Å². The number of benzene rings is 5. The maximum atomic E-state index is 3.82. The van der Waals surface area contributed by atoms with Gasteiger partial charge >= 0.3 is 0 Å². The first-order chi connectivity index (χ1) is 21.0. The molecule has 0 radical (unpaired) electrons. The summed E-state index contributed by atoms with van der Waals surface area (Å²) in [5, 5.41) is 0. The standard InChI is InChI=1S/C41H38Br2/c1-3-4-5-6-7-12-23-40(2)36-21-10-8-19-32(36)34-27-39-35(26-38(34)40)33-20-9-11-22-37(33)41(39,28-15-13-17-30(42)24-28)29-16-14-18-31(43)25-29/h8-11,13-22,24-27H,3-7,12,23H2,1-2H3. The van der Waals surface area contributed by atoms with E-state index in [1.807, 2.05) is 0 Å². The number of hydrogen-bond donors (Lipinski definition) is 0. The second kappa shape index (κ2) is 11.5. The van der Waals surface area contributed by atoms with E-state index in [2.05, 4.69) is 155 Å². The van der Waals surface area contributed by atoms with Gasteiger partial charge in [-0.25, -0.2) is 0 Å². The summed E-state index contributed by atoms with van der Waals surface area (Å²) in [5.41, 5.74) is 13.4. The molecule has 1 unspecified atom stereocenters. The molecule has 0 heterocycles. The molecule has 216 valence electrons. The maximum absolute atomic E-state index is 3.82. The molecule has 0 aliphatic heterocycles. The van der Waals surface area contributed by atoms with Crippen LogP contribution in [0.3, 0.4) is 0 Å². The van der Waals surface area contributed by atoms with E-state index in [0.717, 1.165) is 8.95 Å². The molecule has 43 heavy (non-hydrogen) atoms. The van der Waals surface area contributed by atoms with E-state index in [4.69, 9.17) is 0 Å². The Balaban J connectivity index is 1.47. The molecule has 2 aliphatic rings. The Morgan fingerprint density at radius 2 is 1.02 bits per heavy atom. The van der Waals surface area contributed by atoms with Gasteiger partial charge < -0.3 is 0 Å². The molecular formula is C41H38Br2. The van der Waals surface area contributed by atoms with Crippen LogP contribution in [0.4, 0.5) is 0 Å². The summed E-state index contributed by atoms with van der Waals surface area (Å²) in [6.07, 6.45) is 9.12. The van der Waals surface area contributed by atoms with E-state index < -0.39 is 5.41 Å². The molecule has 0 aromatic heterocycles. The molecular weight excluding hydrogens is 652 g/mol. The minimum atomic E-state index is -0.429. The summed E-state index contributed by atoms with van der Waals surface area (Å²) in [7, 11) is 0. The van der Waals surface area contributed by atoms with E-state index in [9.17, 15) is 0 Å². The van der Waals surface area contributed by atoms with Gasteiger partial charge in [0.1, 0.15) is 0 Å². The van der Waals surface area contributed by atoms with E-state index in [-0.39, 0.29) is 5.41 Å². The minimum absolute atomic E-state index is 0.0114. The van der Waals surface area contributed by atoms with Crippen LogP contribution in [0.25, 0.3) is 22.3 Å². The topological polar surface area (TPSA) is 0 Å². The molecule has 1 atom stereocenters. The molecule has 0 fully saturated rings. The number of unbranched alkanes of at least 4 members (excludes halogenated alkanes) is 5. The van der Waals surface area contributed by atoms with E-state index in [1.165, 1.54) is 101 Å². The summed E-state index contributed by atoms with van der Waals surface area (Å²) in [6, 6.07) is 41.3. The van der Waals surface area contributed by atoms with Crippen molar-refractivity contribution in [1.29, 1.82) is 0 Å². The fourth-order valence-corrected chi connectivity index (χ4v) is 8.91. The first-order valence-electron chi connectivity index (χ1n) is 15.9. The van der Waals surface area contributed by atoms with E-state index >= 15 is 0 Å². The van der Waals surface area contributed by atoms with E-state index in [0.29, 0.717) is 0 Å². The monoisotopic (exact) mass is 688 g/mol. The molecule has 0 N–H and O–H groups in total. The predicted octanol–water partition coefficient (Wildman–Crippen LogP) is 12.6. The van der Waals surface area contributed by atoms with Crippen molar-refractivity contribution >= 4 is 31.9 Å². The fraction of sp³-hybridized carbons (Fsp3) is 0.268. The first kappa shape index (κ1) is 28.8. The average Bonchev–Trinajstić information content (AvgIpc) is 3.45. The van der Waals surface area contributed by atoms with Crippen LogP contribution < -0.4 is 0 Å². The van der Waals surface area contributed by atoms with Crippen LogP contribution in [-0.2, 0) is 10.8 Å². The highest BCUT2D eigenvalue weighted by molar-refractivity contribution is 9.10. The van der Waals surface area contributed by atoms with Crippen LogP contribution in [0.2, 0.25) is 0 Å². The fourth-order valence-electron chi connectivity index (χ4n) is 8.11. The van der Waals surface area contributed by atoms with Gasteiger partial charge in [0.05, 0.1) is 5.41 Å². The normalized spacial score (nSPS) is 17.3. The van der Waals surface area contributed by atoms with Crippen LogP contribution in [-0.4, -0.2) is 0 Å². The third-order valence-corrected chi connectivity index (χ3v) is 11.1. The highest BCUT2D eigenvalue weighted by Gasteiger charge is 2.49. The highest BCUT2D eigenvalue weighted by Crippen LogP contribution is 2.61. The van der Waals surface area contributed by atoms with Crippen molar-refractivity contribution in [3.05, 3.63) is 152 Å². The molecule has 5 aromatic carbocycles. The summed E-state index contributed by atoms with van der Waals surface area (Å²) < 4.78 is 2.20. The molecule has 0 bridgehead atoms. The molecule has 0 spiro atoms. The lowest BCUT2D eigenvalue weighted by Gasteiger charge is -2.34. The van der Waals surface area contributed by atoms with Crippen molar-refractivity contribution in [3.8, 4) is 22.3 Å². The number of hydrogen-bond acceptors (Lipinski definition) is 0. The zero-order valence-corrected chi connectivity index (χ0v) is 28.3. The van der Waals surface area contributed by atoms with Gasteiger partial charge in [-0.05, 0) is 98.5 Å². The lowest BCUT2D eigenvalue weighted by atomic mass is 9.67. The van der Waals surface area contributed by atoms with Crippen LogP contribution in [0.15, 0.2) is 118 Å². The second-order valence-corrected chi connectivity index (χ2v) is 14.5. The van der Waals surface area contributed by atoms with Gasteiger partial charge in [0.2, 0.25) is 0 Å². The Labute approximate surface area is 273 Å². The van der Waals surface area contributed by atoms with Gasteiger partial charge in [-0.1, -0.05) is 157 Å². The number of rotatable bonds is 9. The Morgan fingerprint density at radius 3 is 1.67 bits per heavy atom. The zero-order chi connectivity index (χ0) is 29.6. The van der Waals surface area contributed by atoms with Gasteiger partial charge in [0.15, 0.2) is 0 Å². The lowest BCUT2D eigenvalue weighted by Crippen LogP contribution is -2.29. The third-order valence-electron chi connectivity index (χ3n) is 10.1. The minimum Gasteiger partial charge on any atom is -0.0654 e. The van der Waals surface area contributed by atoms with Gasteiger partial charge in [-0.2, -0.15) is 0 Å². The van der Waals surface area contributed by atoms with Crippen molar-refractivity contribution in [3.63, 3.8) is 0 Å². The van der Waals surface area contributed by atoms with Gasteiger partial charge in [0.25, 0.3) is 0 Å². The Bertz CT molecular complexity index is 1770. The molecule has 0 saturated heterocycles. The van der Waals surface area contributed by atoms with Crippen molar-refractivity contribution in [2.45, 2.75) is 69.6 Å². The Morgan fingerprint density at radius 1 is 0.488 bits per heavy atom. The Hall–Kier alpha value is -2.94. The van der Waals surface area contributed by atoms with Crippen LogP contribution in [0.1, 0.15) is 92.2 Å². The summed E-state index contributed by atoms with van der Waals surface area (Å²) in [4.78, 5) is 0. The molecule has 7 rings (SSSR count). The molecule has 2 aliphatic carbocycles. The largest absolute Gasteiger partial charge is 0.0714 e. The van der Waals surface area contributed by atoms with Crippen molar-refractivity contribution < 1.29 is 0 Å². The third kappa shape index (κ3) is 4.59. The van der Waals surface area contributed by atoms with Crippen molar-refractivity contribution in [2.24, 2.45) is 0 Å². The molecule has 0 saturated carbocycles. The van der Waals surface area contributed by atoms with Crippen LogP contribution >= 0.6 is 31.9 Å². The zero-order valence-electron chi connectivity index (χ0n) is 25.1. The van der Waals surface area contributed by atoms with Crippen molar-refractivity contribution in [2.75, 3.05) is 0 Å². The SMILES string of the molecule is CCCCCCCCC1(C)c2ccccc2-c2cc3c(cc21)-c1ccccc1C3(c1cccc(Br)c1)c1cccc(Br)c1. The molecule has 0 amide bonds. The molecule has 2 heteroatoms. The van der Waals surface area contributed by atoms with E-state index in [1.54, 1.807) is 0 Å². The van der Waals surface area contributed by atoms with Crippen LogP contribution in [0.5, 0.6) is 0 Å². The first-order valence-corrected chi connectivity index (χ1v) is 17.5. The highest BCUT2D eigenvalue weighted by atomic mass is 79.9. The Kier molecular flexibility index (Phi) is 7.72. The quantitative estimate of drug-likeness (QED) is 0.133. The predicted molar refractivity (Wildman–Crippen MR) is 189 cm³/mol.